The maximum absolute atomic E-state index is 13.6. The quantitative estimate of drug-likeness (QED) is 0.445. The van der Waals surface area contributed by atoms with Gasteiger partial charge in [0.05, 0.1) is 16.9 Å². The standard InChI is InChI=1S/C21H16ClFN4O3/c22-16-11-14(12-25-27-21(29)15-7-9-24-10-8-15)5-6-19(16)30-13-20(28)26-18-4-2-1-3-17(18)23/h1-12H,13H2,(H,26,28)(H,27,29). The van der Waals surface area contributed by atoms with Crippen LogP contribution in [0.5, 0.6) is 5.75 Å². The van der Waals surface area contributed by atoms with Crippen molar-refractivity contribution >= 4 is 35.3 Å². The first kappa shape index (κ1) is 20.9. The zero-order valence-corrected chi connectivity index (χ0v) is 16.3. The molecule has 9 heteroatoms. The molecule has 152 valence electrons. The number of hydrazone groups is 1. The Morgan fingerprint density at radius 2 is 1.90 bits per heavy atom. The third kappa shape index (κ3) is 5.86. The Bertz CT molecular complexity index is 1080. The fraction of sp³-hybridized carbons (Fsp3) is 0.0476. The van der Waals surface area contributed by atoms with Gasteiger partial charge in [0.1, 0.15) is 11.6 Å². The van der Waals surface area contributed by atoms with Gasteiger partial charge in [0, 0.05) is 18.0 Å². The van der Waals surface area contributed by atoms with Gasteiger partial charge in [-0.1, -0.05) is 23.7 Å². The average Bonchev–Trinajstić information content (AvgIpc) is 2.75. The van der Waals surface area contributed by atoms with Crippen LogP contribution in [-0.2, 0) is 4.79 Å². The van der Waals surface area contributed by atoms with Gasteiger partial charge in [-0.3, -0.25) is 14.6 Å². The highest BCUT2D eigenvalue weighted by molar-refractivity contribution is 6.32. The number of carbonyl (C=O) groups is 2. The molecule has 3 aromatic rings. The van der Waals surface area contributed by atoms with Gasteiger partial charge in [-0.05, 0) is 48.0 Å². The molecule has 2 amide bonds. The highest BCUT2D eigenvalue weighted by atomic mass is 35.5. The van der Waals surface area contributed by atoms with Crippen molar-refractivity contribution in [2.75, 3.05) is 11.9 Å². The van der Waals surface area contributed by atoms with Crippen LogP contribution < -0.4 is 15.5 Å². The number of nitrogens with one attached hydrogen (secondary N) is 2. The summed E-state index contributed by atoms with van der Waals surface area (Å²) in [5.41, 5.74) is 3.50. The summed E-state index contributed by atoms with van der Waals surface area (Å²) in [5.74, 6) is -1.16. The largest absolute Gasteiger partial charge is 0.482 e. The fourth-order valence-corrected chi connectivity index (χ4v) is 2.58. The van der Waals surface area contributed by atoms with Crippen molar-refractivity contribution in [2.45, 2.75) is 0 Å². The topological polar surface area (TPSA) is 92.7 Å². The minimum atomic E-state index is -0.538. The number of pyridine rings is 1. The zero-order valence-electron chi connectivity index (χ0n) is 15.5. The smallest absolute Gasteiger partial charge is 0.271 e. The molecular weight excluding hydrogens is 411 g/mol. The van der Waals surface area contributed by atoms with Gasteiger partial charge in [-0.15, -0.1) is 0 Å². The molecule has 2 aromatic carbocycles. The van der Waals surface area contributed by atoms with Gasteiger partial charge in [0.2, 0.25) is 0 Å². The highest BCUT2D eigenvalue weighted by Crippen LogP contribution is 2.25. The zero-order chi connectivity index (χ0) is 21.3. The SMILES string of the molecule is O=C(COc1ccc(C=NNC(=O)c2ccncc2)cc1Cl)Nc1ccccc1F. The van der Waals surface area contributed by atoms with Crippen LogP contribution in [0.2, 0.25) is 5.02 Å². The van der Waals surface area contributed by atoms with E-state index in [1.165, 1.54) is 36.8 Å². The van der Waals surface area contributed by atoms with E-state index in [0.717, 1.165) is 0 Å². The predicted molar refractivity (Wildman–Crippen MR) is 111 cm³/mol. The monoisotopic (exact) mass is 426 g/mol. The van der Waals surface area contributed by atoms with E-state index in [1.807, 2.05) is 0 Å². The number of rotatable bonds is 7. The van der Waals surface area contributed by atoms with Crippen molar-refractivity contribution in [1.82, 2.24) is 10.4 Å². The lowest BCUT2D eigenvalue weighted by atomic mass is 10.2. The van der Waals surface area contributed by atoms with Gasteiger partial charge in [-0.25, -0.2) is 9.82 Å². The van der Waals surface area contributed by atoms with Gasteiger partial charge in [0.25, 0.3) is 11.8 Å². The summed E-state index contributed by atoms with van der Waals surface area (Å²) >= 11 is 6.16. The van der Waals surface area contributed by atoms with E-state index in [0.29, 0.717) is 11.1 Å². The molecule has 1 heterocycles. The summed E-state index contributed by atoms with van der Waals surface area (Å²) in [6, 6.07) is 13.7. The number of hydrogen-bond donors (Lipinski definition) is 2. The molecule has 30 heavy (non-hydrogen) atoms. The van der Waals surface area contributed by atoms with Crippen LogP contribution in [0.25, 0.3) is 0 Å². The maximum atomic E-state index is 13.6. The summed E-state index contributed by atoms with van der Waals surface area (Å²) in [5, 5.41) is 6.54. The number of hydrogen-bond acceptors (Lipinski definition) is 5. The molecule has 0 bridgehead atoms. The lowest BCUT2D eigenvalue weighted by Crippen LogP contribution is -2.20. The number of ether oxygens (including phenoxy) is 1. The third-order valence-corrected chi connectivity index (χ3v) is 4.08. The number of benzene rings is 2. The predicted octanol–water partition coefficient (Wildman–Crippen LogP) is 3.66. The molecule has 0 radical (unpaired) electrons. The fourth-order valence-electron chi connectivity index (χ4n) is 2.34. The Kier molecular flexibility index (Phi) is 7.07. The average molecular weight is 427 g/mol. The summed E-state index contributed by atoms with van der Waals surface area (Å²) in [7, 11) is 0. The number of nitrogens with zero attached hydrogens (tertiary/aromatic N) is 2. The van der Waals surface area contributed by atoms with E-state index < -0.39 is 11.7 Å². The van der Waals surface area contributed by atoms with E-state index >= 15 is 0 Å². The van der Waals surface area contributed by atoms with Crippen molar-refractivity contribution in [1.29, 1.82) is 0 Å². The number of carbonyl (C=O) groups excluding carboxylic acids is 2. The Morgan fingerprint density at radius 3 is 2.63 bits per heavy atom. The number of halogens is 2. The molecule has 0 saturated carbocycles. The lowest BCUT2D eigenvalue weighted by Gasteiger charge is -2.09. The molecule has 0 spiro atoms. The number of aromatic nitrogens is 1. The Morgan fingerprint density at radius 1 is 1.13 bits per heavy atom. The van der Waals surface area contributed by atoms with Crippen molar-refractivity contribution in [2.24, 2.45) is 5.10 Å². The second-order valence-corrected chi connectivity index (χ2v) is 6.35. The molecule has 0 saturated heterocycles. The summed E-state index contributed by atoms with van der Waals surface area (Å²) < 4.78 is 18.9. The van der Waals surface area contributed by atoms with Crippen LogP contribution in [0.1, 0.15) is 15.9 Å². The van der Waals surface area contributed by atoms with E-state index in [-0.39, 0.29) is 29.0 Å². The maximum Gasteiger partial charge on any atom is 0.271 e. The third-order valence-electron chi connectivity index (χ3n) is 3.78. The highest BCUT2D eigenvalue weighted by Gasteiger charge is 2.09. The molecule has 2 N–H and O–H groups in total. The molecule has 3 rings (SSSR count). The normalized spacial score (nSPS) is 10.6. The van der Waals surface area contributed by atoms with E-state index in [4.69, 9.17) is 16.3 Å². The first-order valence-corrected chi connectivity index (χ1v) is 9.11. The molecule has 0 aliphatic rings. The van der Waals surface area contributed by atoms with Crippen molar-refractivity contribution in [3.63, 3.8) is 0 Å². The second-order valence-electron chi connectivity index (χ2n) is 5.94. The van der Waals surface area contributed by atoms with Crippen molar-refractivity contribution in [3.8, 4) is 5.75 Å². The minimum Gasteiger partial charge on any atom is -0.482 e. The van der Waals surface area contributed by atoms with E-state index in [1.54, 1.807) is 36.4 Å². The Labute approximate surface area is 176 Å². The second kappa shape index (κ2) is 10.1. The van der Waals surface area contributed by atoms with Crippen LogP contribution in [-0.4, -0.2) is 29.6 Å². The van der Waals surface area contributed by atoms with E-state index in [2.05, 4.69) is 20.8 Å². The van der Waals surface area contributed by atoms with Crippen molar-refractivity contribution < 1.29 is 18.7 Å². The van der Waals surface area contributed by atoms with Crippen LogP contribution in [0.3, 0.4) is 0 Å². The summed E-state index contributed by atoms with van der Waals surface area (Å²) in [6.45, 7) is -0.344. The van der Waals surface area contributed by atoms with Crippen LogP contribution in [0.15, 0.2) is 72.1 Å². The minimum absolute atomic E-state index is 0.0672. The molecule has 0 fully saturated rings. The Balaban J connectivity index is 1.53. The van der Waals surface area contributed by atoms with Crippen LogP contribution in [0.4, 0.5) is 10.1 Å². The number of anilines is 1. The van der Waals surface area contributed by atoms with Crippen LogP contribution >= 0.6 is 11.6 Å². The Hall–Kier alpha value is -3.78. The molecule has 0 atom stereocenters. The molecular formula is C21H16ClFN4O3. The van der Waals surface area contributed by atoms with Crippen molar-refractivity contribution in [3.05, 3.63) is 89.0 Å². The lowest BCUT2D eigenvalue weighted by molar-refractivity contribution is -0.118. The number of para-hydroxylation sites is 1. The summed E-state index contributed by atoms with van der Waals surface area (Å²) in [6.07, 6.45) is 4.43. The molecule has 0 aliphatic carbocycles. The van der Waals surface area contributed by atoms with Gasteiger partial charge in [0.15, 0.2) is 6.61 Å². The molecule has 1 aromatic heterocycles. The molecule has 7 nitrogen and oxygen atoms in total. The summed E-state index contributed by atoms with van der Waals surface area (Å²) in [4.78, 5) is 27.7. The van der Waals surface area contributed by atoms with Gasteiger partial charge < -0.3 is 10.1 Å². The molecule has 0 unspecified atom stereocenters. The van der Waals surface area contributed by atoms with Gasteiger partial charge in [-0.2, -0.15) is 5.10 Å². The first-order chi connectivity index (χ1) is 14.5. The van der Waals surface area contributed by atoms with E-state index in [9.17, 15) is 14.0 Å². The van der Waals surface area contributed by atoms with Crippen LogP contribution in [0, 0.1) is 5.82 Å². The molecule has 0 aliphatic heterocycles. The first-order valence-electron chi connectivity index (χ1n) is 8.73. The number of amides is 2. The van der Waals surface area contributed by atoms with Gasteiger partial charge >= 0.3 is 0 Å².